The SMILES string of the molecule is C[C@@H](CCO)C(N)=O. The molecule has 0 aliphatic rings. The zero-order valence-electron chi connectivity index (χ0n) is 4.92. The molecular formula is C5H11NO2. The van der Waals surface area contributed by atoms with Crippen molar-refractivity contribution in [2.75, 3.05) is 6.61 Å². The van der Waals surface area contributed by atoms with Crippen LogP contribution in [0.1, 0.15) is 13.3 Å². The average Bonchev–Trinajstić information content (AvgIpc) is 1.67. The van der Waals surface area contributed by atoms with Crippen LogP contribution in [0.3, 0.4) is 0 Å². The first-order chi connectivity index (χ1) is 3.68. The minimum atomic E-state index is -0.348. The summed E-state index contributed by atoms with van der Waals surface area (Å²) in [5, 5.41) is 8.28. The zero-order chi connectivity index (χ0) is 6.57. The molecule has 0 aromatic rings. The van der Waals surface area contributed by atoms with E-state index in [-0.39, 0.29) is 18.4 Å². The van der Waals surface area contributed by atoms with Crippen LogP contribution in [-0.2, 0) is 4.79 Å². The fourth-order valence-electron chi connectivity index (χ4n) is 0.336. The maximum atomic E-state index is 10.2. The van der Waals surface area contributed by atoms with E-state index >= 15 is 0 Å². The van der Waals surface area contributed by atoms with Crippen LogP contribution in [0.2, 0.25) is 0 Å². The summed E-state index contributed by atoms with van der Waals surface area (Å²) in [7, 11) is 0. The van der Waals surface area contributed by atoms with Crippen molar-refractivity contribution in [3.05, 3.63) is 0 Å². The number of hydrogen-bond donors (Lipinski definition) is 2. The van der Waals surface area contributed by atoms with E-state index in [1.807, 2.05) is 0 Å². The van der Waals surface area contributed by atoms with Crippen molar-refractivity contribution in [1.29, 1.82) is 0 Å². The fourth-order valence-corrected chi connectivity index (χ4v) is 0.336. The highest BCUT2D eigenvalue weighted by molar-refractivity contribution is 5.76. The molecule has 0 saturated carbocycles. The Morgan fingerprint density at radius 3 is 2.50 bits per heavy atom. The number of carbonyl (C=O) groups is 1. The molecule has 3 heteroatoms. The molecule has 0 aromatic heterocycles. The summed E-state index contributed by atoms with van der Waals surface area (Å²) in [4.78, 5) is 10.2. The van der Waals surface area contributed by atoms with E-state index in [0.29, 0.717) is 6.42 Å². The third-order valence-electron chi connectivity index (χ3n) is 1.05. The quantitative estimate of drug-likeness (QED) is 0.523. The van der Waals surface area contributed by atoms with Crippen LogP contribution in [0.15, 0.2) is 0 Å². The van der Waals surface area contributed by atoms with Crippen molar-refractivity contribution in [3.63, 3.8) is 0 Å². The monoisotopic (exact) mass is 117 g/mol. The zero-order valence-corrected chi connectivity index (χ0v) is 4.92. The Balaban J connectivity index is 3.32. The topological polar surface area (TPSA) is 63.3 Å². The van der Waals surface area contributed by atoms with E-state index in [1.54, 1.807) is 6.92 Å². The van der Waals surface area contributed by atoms with Crippen molar-refractivity contribution in [1.82, 2.24) is 0 Å². The van der Waals surface area contributed by atoms with Crippen LogP contribution in [0.5, 0.6) is 0 Å². The van der Waals surface area contributed by atoms with Gasteiger partial charge in [0.05, 0.1) is 0 Å². The summed E-state index contributed by atoms with van der Waals surface area (Å²) in [6, 6.07) is 0. The Hall–Kier alpha value is -0.570. The lowest BCUT2D eigenvalue weighted by molar-refractivity contribution is -0.121. The summed E-state index contributed by atoms with van der Waals surface area (Å²) >= 11 is 0. The van der Waals surface area contributed by atoms with E-state index in [9.17, 15) is 4.79 Å². The lowest BCUT2D eigenvalue weighted by Gasteiger charge is -2.00. The minimum absolute atomic E-state index is 0.0319. The molecule has 0 aliphatic carbocycles. The predicted molar refractivity (Wildman–Crippen MR) is 30.1 cm³/mol. The summed E-state index contributed by atoms with van der Waals surface area (Å²) in [6.45, 7) is 1.72. The van der Waals surface area contributed by atoms with Crippen molar-refractivity contribution >= 4 is 5.91 Å². The van der Waals surface area contributed by atoms with E-state index in [4.69, 9.17) is 10.8 Å². The van der Waals surface area contributed by atoms with Gasteiger partial charge in [0, 0.05) is 12.5 Å². The molecule has 1 atom stereocenters. The highest BCUT2D eigenvalue weighted by Crippen LogP contribution is 1.96. The van der Waals surface area contributed by atoms with Crippen molar-refractivity contribution in [2.24, 2.45) is 11.7 Å². The van der Waals surface area contributed by atoms with Gasteiger partial charge in [0.25, 0.3) is 0 Å². The number of rotatable bonds is 3. The number of aliphatic hydroxyl groups excluding tert-OH is 1. The average molecular weight is 117 g/mol. The number of primary amides is 1. The van der Waals surface area contributed by atoms with Gasteiger partial charge in [-0.2, -0.15) is 0 Å². The molecule has 0 unspecified atom stereocenters. The molecule has 0 spiro atoms. The Labute approximate surface area is 48.5 Å². The van der Waals surface area contributed by atoms with Crippen molar-refractivity contribution in [3.8, 4) is 0 Å². The second-order valence-corrected chi connectivity index (χ2v) is 1.82. The molecule has 0 radical (unpaired) electrons. The maximum absolute atomic E-state index is 10.2. The van der Waals surface area contributed by atoms with Gasteiger partial charge in [-0.25, -0.2) is 0 Å². The predicted octanol–water partition coefficient (Wildman–Crippen LogP) is -0.510. The summed E-state index contributed by atoms with van der Waals surface area (Å²) < 4.78 is 0. The molecule has 0 heterocycles. The second kappa shape index (κ2) is 3.43. The van der Waals surface area contributed by atoms with Crippen LogP contribution in [0.25, 0.3) is 0 Å². The van der Waals surface area contributed by atoms with Gasteiger partial charge in [0.2, 0.25) is 5.91 Å². The molecule has 1 amide bonds. The summed E-state index contributed by atoms with van der Waals surface area (Å²) in [5.41, 5.74) is 4.87. The van der Waals surface area contributed by atoms with Crippen LogP contribution in [0, 0.1) is 5.92 Å². The number of amides is 1. The third kappa shape index (κ3) is 2.58. The van der Waals surface area contributed by atoms with Gasteiger partial charge in [0.15, 0.2) is 0 Å². The van der Waals surface area contributed by atoms with Gasteiger partial charge >= 0.3 is 0 Å². The lowest BCUT2D eigenvalue weighted by Crippen LogP contribution is -2.21. The first-order valence-electron chi connectivity index (χ1n) is 2.58. The van der Waals surface area contributed by atoms with Crippen LogP contribution < -0.4 is 5.73 Å². The van der Waals surface area contributed by atoms with Gasteiger partial charge in [-0.1, -0.05) is 6.92 Å². The Morgan fingerprint density at radius 2 is 2.38 bits per heavy atom. The normalized spacial score (nSPS) is 13.2. The van der Waals surface area contributed by atoms with E-state index in [0.717, 1.165) is 0 Å². The highest BCUT2D eigenvalue weighted by atomic mass is 16.3. The van der Waals surface area contributed by atoms with Gasteiger partial charge in [-0.3, -0.25) is 4.79 Å². The number of carbonyl (C=O) groups excluding carboxylic acids is 1. The largest absolute Gasteiger partial charge is 0.396 e. The fraction of sp³-hybridized carbons (Fsp3) is 0.800. The standard InChI is InChI=1S/C5H11NO2/c1-4(2-3-7)5(6)8/h4,7H,2-3H2,1H3,(H2,6,8)/t4-/m0/s1. The maximum Gasteiger partial charge on any atom is 0.220 e. The van der Waals surface area contributed by atoms with Crippen molar-refractivity contribution in [2.45, 2.75) is 13.3 Å². The third-order valence-corrected chi connectivity index (χ3v) is 1.05. The molecule has 48 valence electrons. The Kier molecular flexibility index (Phi) is 3.19. The number of nitrogens with two attached hydrogens (primary N) is 1. The minimum Gasteiger partial charge on any atom is -0.396 e. The molecule has 0 saturated heterocycles. The van der Waals surface area contributed by atoms with E-state index in [2.05, 4.69) is 0 Å². The number of hydrogen-bond acceptors (Lipinski definition) is 2. The first-order valence-corrected chi connectivity index (χ1v) is 2.58. The first kappa shape index (κ1) is 7.43. The van der Waals surface area contributed by atoms with Gasteiger partial charge < -0.3 is 10.8 Å². The van der Waals surface area contributed by atoms with Crippen LogP contribution in [0.4, 0.5) is 0 Å². The highest BCUT2D eigenvalue weighted by Gasteiger charge is 2.05. The van der Waals surface area contributed by atoms with E-state index < -0.39 is 0 Å². The Morgan fingerprint density at radius 1 is 1.88 bits per heavy atom. The van der Waals surface area contributed by atoms with Crippen LogP contribution >= 0.6 is 0 Å². The summed E-state index contributed by atoms with van der Waals surface area (Å²) in [6.07, 6.45) is 0.468. The lowest BCUT2D eigenvalue weighted by atomic mass is 10.1. The van der Waals surface area contributed by atoms with Crippen LogP contribution in [-0.4, -0.2) is 17.6 Å². The second-order valence-electron chi connectivity index (χ2n) is 1.82. The molecule has 8 heavy (non-hydrogen) atoms. The van der Waals surface area contributed by atoms with Gasteiger partial charge in [-0.15, -0.1) is 0 Å². The smallest absolute Gasteiger partial charge is 0.220 e. The molecular weight excluding hydrogens is 106 g/mol. The van der Waals surface area contributed by atoms with E-state index in [1.165, 1.54) is 0 Å². The van der Waals surface area contributed by atoms with Gasteiger partial charge in [-0.05, 0) is 6.42 Å². The number of aliphatic hydroxyl groups is 1. The molecule has 0 fully saturated rings. The molecule has 0 bridgehead atoms. The molecule has 3 N–H and O–H groups in total. The van der Waals surface area contributed by atoms with Crippen molar-refractivity contribution < 1.29 is 9.90 Å². The Bertz CT molecular complexity index is 82.5. The molecule has 0 rings (SSSR count). The molecule has 0 aliphatic heterocycles. The molecule has 3 nitrogen and oxygen atoms in total. The van der Waals surface area contributed by atoms with Gasteiger partial charge in [0.1, 0.15) is 0 Å². The summed E-state index contributed by atoms with van der Waals surface area (Å²) in [5.74, 6) is -0.543. The molecule has 0 aromatic carbocycles.